The number of hydrogen-bond acceptors (Lipinski definition) is 9. The molecule has 0 bridgehead atoms. The minimum Gasteiger partial charge on any atom is -0.460 e. The molecule has 8 nitrogen and oxygen atoms in total. The summed E-state index contributed by atoms with van der Waals surface area (Å²) >= 11 is 18.3. The van der Waals surface area contributed by atoms with Crippen LogP contribution in [-0.2, 0) is 25.5 Å². The molecule has 2 unspecified atom stereocenters. The van der Waals surface area contributed by atoms with Gasteiger partial charge in [0.2, 0.25) is 15.6 Å². The molecule has 188 valence electrons. The molecule has 3 rings (SSSR count). The van der Waals surface area contributed by atoms with E-state index in [1.807, 2.05) is 43.3 Å². The number of nitrogens with one attached hydrogen (secondary N) is 1. The summed E-state index contributed by atoms with van der Waals surface area (Å²) in [5.74, 6) is -0.778. The number of esters is 1. The van der Waals surface area contributed by atoms with Crippen molar-refractivity contribution in [1.82, 2.24) is 20.4 Å². The number of halogens is 3. The van der Waals surface area contributed by atoms with Crippen LogP contribution in [-0.4, -0.2) is 67.7 Å². The van der Waals surface area contributed by atoms with Gasteiger partial charge in [-0.1, -0.05) is 99.4 Å². The van der Waals surface area contributed by atoms with Crippen molar-refractivity contribution < 1.29 is 19.1 Å². The molecular weight excluding hydrogens is 575 g/mol. The second-order valence-corrected chi connectivity index (χ2v) is 13.6. The van der Waals surface area contributed by atoms with Crippen LogP contribution in [0.15, 0.2) is 46.8 Å². The molecule has 2 atom stereocenters. The number of β-lactam (4-membered cyclic amide) rings is 1. The van der Waals surface area contributed by atoms with Gasteiger partial charge in [-0.15, -0.1) is 10.2 Å². The molecule has 2 heterocycles. The third-order valence-electron chi connectivity index (χ3n) is 4.61. The smallest absolute Gasteiger partial charge is 0.325 e. The van der Waals surface area contributed by atoms with Crippen LogP contribution in [0.25, 0.3) is 0 Å². The Morgan fingerprint density at radius 2 is 2.00 bits per heavy atom. The van der Waals surface area contributed by atoms with Crippen LogP contribution in [0.2, 0.25) is 0 Å². The zero-order valence-electron chi connectivity index (χ0n) is 18.4. The number of benzene rings is 1. The van der Waals surface area contributed by atoms with Gasteiger partial charge in [-0.25, -0.2) is 0 Å². The first kappa shape index (κ1) is 28.1. The predicted octanol–water partition coefficient (Wildman–Crippen LogP) is 3.99. The van der Waals surface area contributed by atoms with Gasteiger partial charge in [-0.2, -0.15) is 0 Å². The zero-order chi connectivity index (χ0) is 25.4. The van der Waals surface area contributed by atoms with E-state index in [1.54, 1.807) is 16.9 Å². The van der Waals surface area contributed by atoms with Crippen molar-refractivity contribution in [2.24, 2.45) is 0 Å². The van der Waals surface area contributed by atoms with E-state index in [0.717, 1.165) is 14.9 Å². The Kier molecular flexibility index (Phi) is 10.6. The summed E-state index contributed by atoms with van der Waals surface area (Å²) in [5, 5.41) is 11.7. The first-order chi connectivity index (χ1) is 16.6. The molecule has 1 aromatic heterocycles. The van der Waals surface area contributed by atoms with Gasteiger partial charge < -0.3 is 15.0 Å². The van der Waals surface area contributed by atoms with Gasteiger partial charge in [0.1, 0.15) is 24.2 Å². The molecule has 35 heavy (non-hydrogen) atoms. The summed E-state index contributed by atoms with van der Waals surface area (Å²) in [7, 11) is 3.05. The Morgan fingerprint density at radius 1 is 1.26 bits per heavy atom. The number of amides is 2. The maximum Gasteiger partial charge on any atom is 0.325 e. The minimum atomic E-state index is -1.75. The van der Waals surface area contributed by atoms with Crippen LogP contribution in [0.3, 0.4) is 0 Å². The fourth-order valence-corrected chi connectivity index (χ4v) is 6.19. The van der Waals surface area contributed by atoms with Crippen molar-refractivity contribution in [3.63, 3.8) is 0 Å². The van der Waals surface area contributed by atoms with Gasteiger partial charge >= 0.3 is 5.97 Å². The third-order valence-corrected chi connectivity index (χ3v) is 8.29. The van der Waals surface area contributed by atoms with Crippen LogP contribution in [0, 0.1) is 6.92 Å². The maximum absolute atomic E-state index is 12.7. The first-order valence-electron chi connectivity index (χ1n) is 10.2. The van der Waals surface area contributed by atoms with Crippen molar-refractivity contribution in [3.05, 3.63) is 53.1 Å². The highest BCUT2D eigenvalue weighted by Crippen LogP contribution is 2.33. The highest BCUT2D eigenvalue weighted by atomic mass is 35.6. The largest absolute Gasteiger partial charge is 0.460 e. The summed E-state index contributed by atoms with van der Waals surface area (Å²) in [6, 6.07) is 7.91. The normalized spacial score (nSPS) is 17.9. The summed E-state index contributed by atoms with van der Waals surface area (Å²) in [6.07, 6.45) is 3.80. The minimum absolute atomic E-state index is 0.139. The van der Waals surface area contributed by atoms with Crippen molar-refractivity contribution >= 4 is 85.5 Å². The first-order valence-corrected chi connectivity index (χ1v) is 14.5. The van der Waals surface area contributed by atoms with Crippen LogP contribution in [0.5, 0.6) is 0 Å². The number of hydrogen-bond donors (Lipinski definition) is 1. The van der Waals surface area contributed by atoms with E-state index in [0.29, 0.717) is 5.75 Å². The lowest BCUT2D eigenvalue weighted by Crippen LogP contribution is -2.71. The predicted molar refractivity (Wildman–Crippen MR) is 141 cm³/mol. The Balaban J connectivity index is 1.58. The van der Waals surface area contributed by atoms with E-state index >= 15 is 0 Å². The molecular formula is C21H21Cl3N4O4S3. The van der Waals surface area contributed by atoms with Crippen molar-refractivity contribution in [3.8, 4) is 0 Å². The summed E-state index contributed by atoms with van der Waals surface area (Å²) in [5.41, 5.74) is 0.830. The van der Waals surface area contributed by atoms with E-state index in [2.05, 4.69) is 15.5 Å². The molecule has 2 aromatic rings. The molecule has 14 heteroatoms. The van der Waals surface area contributed by atoms with Gasteiger partial charge in [-0.05, 0) is 23.3 Å². The number of rotatable bonds is 11. The third kappa shape index (κ3) is 9.14. The number of carbonyl (C=O) groups is 3. The number of ether oxygens (including phenoxy) is 1. The quantitative estimate of drug-likeness (QED) is 0.104. The molecule has 1 aliphatic rings. The van der Waals surface area contributed by atoms with E-state index in [9.17, 15) is 14.4 Å². The van der Waals surface area contributed by atoms with Crippen LogP contribution < -0.4 is 5.32 Å². The van der Waals surface area contributed by atoms with Crippen LogP contribution in [0.1, 0.15) is 10.6 Å². The number of alkyl halides is 3. The Morgan fingerprint density at radius 3 is 2.66 bits per heavy atom. The number of aryl methyl sites for hydroxylation is 1. The van der Waals surface area contributed by atoms with Gasteiger partial charge in [0.25, 0.3) is 0 Å². The number of likely N-dealkylation sites (tertiary alicyclic amines) is 1. The summed E-state index contributed by atoms with van der Waals surface area (Å²) in [4.78, 5) is 38.7. The molecule has 1 fully saturated rings. The van der Waals surface area contributed by atoms with Crippen LogP contribution >= 0.6 is 67.7 Å². The molecule has 1 aliphatic heterocycles. The van der Waals surface area contributed by atoms with Gasteiger partial charge in [0, 0.05) is 5.75 Å². The van der Waals surface area contributed by atoms with Crippen molar-refractivity contribution in [2.75, 3.05) is 18.9 Å². The van der Waals surface area contributed by atoms with E-state index in [4.69, 9.17) is 39.5 Å². The Labute approximate surface area is 229 Å². The summed E-state index contributed by atoms with van der Waals surface area (Å²) < 4.78 is 4.04. The van der Waals surface area contributed by atoms with Gasteiger partial charge in [0.05, 0.1) is 12.5 Å². The highest BCUT2D eigenvalue weighted by molar-refractivity contribution is 8.77. The molecule has 2 amide bonds. The number of aromatic nitrogens is 2. The lowest BCUT2D eigenvalue weighted by molar-refractivity contribution is -0.159. The molecule has 0 saturated carbocycles. The second kappa shape index (κ2) is 13.2. The van der Waals surface area contributed by atoms with Gasteiger partial charge in [-0.3, -0.25) is 14.4 Å². The molecule has 0 aliphatic carbocycles. The highest BCUT2D eigenvalue weighted by Gasteiger charge is 2.47. The average Bonchev–Trinajstić information content (AvgIpc) is 3.23. The molecule has 0 spiro atoms. The fourth-order valence-electron chi connectivity index (χ4n) is 3.10. The monoisotopic (exact) mass is 594 g/mol. The maximum atomic E-state index is 12.7. The zero-order valence-corrected chi connectivity index (χ0v) is 23.1. The molecule has 1 saturated heterocycles. The lowest BCUT2D eigenvalue weighted by Gasteiger charge is -2.45. The van der Waals surface area contributed by atoms with Crippen LogP contribution in [0.4, 0.5) is 0 Å². The van der Waals surface area contributed by atoms with E-state index in [-0.39, 0.29) is 18.9 Å². The van der Waals surface area contributed by atoms with Crippen molar-refractivity contribution in [2.45, 2.75) is 33.6 Å². The second-order valence-electron chi connectivity index (χ2n) is 7.32. The number of carbonyl (C=O) groups excluding carboxylic acids is 3. The topological polar surface area (TPSA) is 101 Å². The fraction of sp³-hybridized carbons (Fsp3) is 0.381. The lowest BCUT2D eigenvalue weighted by atomic mass is 9.94. The summed E-state index contributed by atoms with van der Waals surface area (Å²) in [6.45, 7) is 1.12. The number of nitrogens with zero attached hydrogens (tertiary/aromatic N) is 3. The SMILES string of the molecule is Cc1nnc(SSCC=CC2C(NC(=O)Cc3ccccc3)C(=O)N2CC(=O)OCC(Cl)(Cl)Cl)s1. The standard InChI is InChI=1S/C21H21Cl3N4O4S3/c1-13-26-27-20(34-13)35-33-9-5-8-15-18(25-16(29)10-14-6-3-2-4-7-14)19(31)28(15)11-17(30)32-12-21(22,23)24/h2-8,15,18H,9-12H2,1H3,(H,25,29). The molecule has 1 N–H and O–H groups in total. The average molecular weight is 596 g/mol. The van der Waals surface area contributed by atoms with Gasteiger partial charge in [0.15, 0.2) is 4.34 Å². The van der Waals surface area contributed by atoms with E-state index in [1.165, 1.54) is 27.0 Å². The molecule has 1 aromatic carbocycles. The van der Waals surface area contributed by atoms with Crippen molar-refractivity contribution in [1.29, 1.82) is 0 Å². The Bertz CT molecular complexity index is 1070. The molecule has 0 radical (unpaired) electrons. The Hall–Kier alpha value is -1.50. The van der Waals surface area contributed by atoms with E-state index < -0.39 is 34.4 Å².